The largest absolute Gasteiger partial charge is 0.468 e. The Balaban J connectivity index is 1.30. The molecule has 1 aromatic heterocycles. The Hall–Kier alpha value is -2.94. The lowest BCUT2D eigenvalue weighted by Crippen LogP contribution is -2.59. The monoisotopic (exact) mass is 536 g/mol. The Morgan fingerprint density at radius 3 is 2.23 bits per heavy atom. The summed E-state index contributed by atoms with van der Waals surface area (Å²) in [6.07, 6.45) is 13.2. The number of ether oxygens (including phenoxy) is 1. The van der Waals surface area contributed by atoms with Gasteiger partial charge in [0, 0.05) is 24.2 Å². The van der Waals surface area contributed by atoms with Crippen LogP contribution in [0.3, 0.4) is 0 Å². The first-order chi connectivity index (χ1) is 18.9. The van der Waals surface area contributed by atoms with Crippen molar-refractivity contribution in [3.63, 3.8) is 0 Å². The van der Waals surface area contributed by atoms with Crippen LogP contribution in [0.1, 0.15) is 76.7 Å². The van der Waals surface area contributed by atoms with Gasteiger partial charge in [-0.15, -0.1) is 0 Å². The Morgan fingerprint density at radius 2 is 1.54 bits per heavy atom. The summed E-state index contributed by atoms with van der Waals surface area (Å²) >= 11 is 0. The summed E-state index contributed by atoms with van der Waals surface area (Å²) in [5, 5.41) is 2.95. The number of rotatable bonds is 6. The third-order valence-electron chi connectivity index (χ3n) is 9.94. The molecule has 4 aliphatic rings. The van der Waals surface area contributed by atoms with Crippen LogP contribution >= 0.6 is 0 Å². The van der Waals surface area contributed by atoms with E-state index in [9.17, 15) is 19.2 Å². The van der Waals surface area contributed by atoms with Gasteiger partial charge in [0.2, 0.25) is 5.91 Å². The number of nitrogens with one attached hydrogen (secondary N) is 1. The van der Waals surface area contributed by atoms with Gasteiger partial charge in [-0.25, -0.2) is 4.79 Å². The number of benzene rings is 1. The maximum atomic E-state index is 13.9. The lowest BCUT2D eigenvalue weighted by atomic mass is 9.68. The van der Waals surface area contributed by atoms with Crippen LogP contribution in [0.15, 0.2) is 33.9 Å². The number of carbonyl (C=O) groups is 2. The van der Waals surface area contributed by atoms with Crippen LogP contribution < -0.4 is 16.6 Å². The highest BCUT2D eigenvalue weighted by molar-refractivity contribution is 5.84. The number of hydrogen-bond donors (Lipinski definition) is 1. The summed E-state index contributed by atoms with van der Waals surface area (Å²) < 4.78 is 7.42. The van der Waals surface area contributed by atoms with Crippen LogP contribution in [0.5, 0.6) is 0 Å². The second-order valence-electron chi connectivity index (χ2n) is 12.2. The van der Waals surface area contributed by atoms with Crippen molar-refractivity contribution in [2.24, 2.45) is 11.8 Å². The number of nitrogens with zero attached hydrogens (tertiary/aromatic N) is 3. The van der Waals surface area contributed by atoms with Crippen molar-refractivity contribution in [2.75, 3.05) is 13.7 Å². The van der Waals surface area contributed by atoms with E-state index in [1.807, 2.05) is 0 Å². The second-order valence-corrected chi connectivity index (χ2v) is 12.2. The molecule has 1 N–H and O–H groups in total. The minimum Gasteiger partial charge on any atom is -0.468 e. The van der Waals surface area contributed by atoms with Crippen molar-refractivity contribution in [1.82, 2.24) is 19.4 Å². The zero-order valence-electron chi connectivity index (χ0n) is 22.8. The minimum absolute atomic E-state index is 0.186. The van der Waals surface area contributed by atoms with Crippen LogP contribution in [0, 0.1) is 11.8 Å². The molecule has 39 heavy (non-hydrogen) atoms. The standard InChI is InChI=1S/C30H40N4O5/c1-39-28(36)17-31-27(35)18-32-26-11-3-2-10-25(26)29(37)34(30(32)38)24-15-21-8-5-9-22(16-24)33(21)23-13-19-6-4-7-20(12-19)14-23/h2-3,10-11,19-24H,4-9,12-18H2,1H3,(H,31,35)/t19-,20-,21+,22+/m1/s1. The van der Waals surface area contributed by atoms with Crippen molar-refractivity contribution in [1.29, 1.82) is 0 Å². The summed E-state index contributed by atoms with van der Waals surface area (Å²) in [5.74, 6) is 0.681. The van der Waals surface area contributed by atoms with Gasteiger partial charge in [0.1, 0.15) is 13.1 Å². The number of fused-ring (bicyclic) bond motifs is 5. The van der Waals surface area contributed by atoms with Crippen molar-refractivity contribution in [3.05, 3.63) is 45.1 Å². The molecule has 3 heterocycles. The minimum atomic E-state index is -0.564. The van der Waals surface area contributed by atoms with Gasteiger partial charge in [0.25, 0.3) is 5.56 Å². The van der Waals surface area contributed by atoms with E-state index in [0.717, 1.165) is 37.5 Å². The molecule has 9 heteroatoms. The predicted octanol–water partition coefficient (Wildman–Crippen LogP) is 2.98. The normalized spacial score (nSPS) is 30.6. The first-order valence-electron chi connectivity index (χ1n) is 14.8. The lowest BCUT2D eigenvalue weighted by Gasteiger charge is -2.55. The molecule has 9 nitrogen and oxygen atoms in total. The fourth-order valence-corrected chi connectivity index (χ4v) is 8.39. The lowest BCUT2D eigenvalue weighted by molar-refractivity contribution is -0.141. The molecule has 0 spiro atoms. The van der Waals surface area contributed by atoms with Gasteiger partial charge >= 0.3 is 11.7 Å². The molecule has 2 aliphatic carbocycles. The average Bonchev–Trinajstić information content (AvgIpc) is 2.93. The Kier molecular flexibility index (Phi) is 7.35. The summed E-state index contributed by atoms with van der Waals surface area (Å²) in [5.41, 5.74) is -0.287. The SMILES string of the molecule is COC(=O)CNC(=O)Cn1c(=O)n(C2C[C@@H]3CCC[C@@H](C2)N3C2C[C@@H]3CCC[C@@H](C2)C3)c(=O)c2ccccc21. The zero-order chi connectivity index (χ0) is 27.1. The zero-order valence-corrected chi connectivity index (χ0v) is 22.8. The number of amides is 1. The van der Waals surface area contributed by atoms with Gasteiger partial charge in [-0.2, -0.15) is 0 Å². The van der Waals surface area contributed by atoms with Crippen molar-refractivity contribution < 1.29 is 14.3 Å². The predicted molar refractivity (Wildman–Crippen MR) is 148 cm³/mol. The van der Waals surface area contributed by atoms with Gasteiger partial charge in [-0.3, -0.25) is 28.4 Å². The smallest absolute Gasteiger partial charge is 0.332 e. The van der Waals surface area contributed by atoms with E-state index in [0.29, 0.717) is 29.0 Å². The highest BCUT2D eigenvalue weighted by atomic mass is 16.5. The van der Waals surface area contributed by atoms with Crippen molar-refractivity contribution >= 4 is 22.8 Å². The van der Waals surface area contributed by atoms with E-state index in [4.69, 9.17) is 0 Å². The molecular weight excluding hydrogens is 496 g/mol. The highest BCUT2D eigenvalue weighted by Gasteiger charge is 2.45. The quantitative estimate of drug-likeness (QED) is 0.570. The van der Waals surface area contributed by atoms with Gasteiger partial charge in [0.15, 0.2) is 0 Å². The van der Waals surface area contributed by atoms with E-state index in [1.54, 1.807) is 24.3 Å². The molecule has 210 valence electrons. The number of carbonyl (C=O) groups excluding carboxylic acids is 2. The van der Waals surface area contributed by atoms with Crippen LogP contribution in [0.4, 0.5) is 0 Å². The molecule has 2 saturated carbocycles. The Labute approximate surface area is 228 Å². The molecular formula is C30H40N4O5. The topological polar surface area (TPSA) is 103 Å². The van der Waals surface area contributed by atoms with Crippen LogP contribution in [0.25, 0.3) is 10.9 Å². The van der Waals surface area contributed by atoms with Gasteiger partial charge in [-0.1, -0.05) is 37.8 Å². The molecule has 2 aromatic rings. The molecule has 0 radical (unpaired) electrons. The van der Waals surface area contributed by atoms with Crippen molar-refractivity contribution in [2.45, 2.75) is 101 Å². The maximum absolute atomic E-state index is 13.9. The third-order valence-corrected chi connectivity index (χ3v) is 9.94. The van der Waals surface area contributed by atoms with Crippen LogP contribution in [-0.4, -0.2) is 57.7 Å². The molecule has 4 fully saturated rings. The Morgan fingerprint density at radius 1 is 0.872 bits per heavy atom. The van der Waals surface area contributed by atoms with Gasteiger partial charge in [0.05, 0.1) is 18.0 Å². The molecule has 4 atom stereocenters. The fourth-order valence-electron chi connectivity index (χ4n) is 8.39. The molecule has 1 aromatic carbocycles. The Bertz CT molecular complexity index is 1340. The molecule has 4 bridgehead atoms. The number of esters is 1. The summed E-state index contributed by atoms with van der Waals surface area (Å²) in [7, 11) is 1.25. The molecule has 0 unspecified atom stereocenters. The number of methoxy groups -OCH3 is 1. The fraction of sp³-hybridized carbons (Fsp3) is 0.667. The average molecular weight is 537 g/mol. The maximum Gasteiger partial charge on any atom is 0.332 e. The highest BCUT2D eigenvalue weighted by Crippen LogP contribution is 2.47. The second kappa shape index (κ2) is 10.9. The first-order valence-corrected chi connectivity index (χ1v) is 14.8. The van der Waals surface area contributed by atoms with E-state index < -0.39 is 17.6 Å². The summed E-state index contributed by atoms with van der Waals surface area (Å²) in [6, 6.07) is 8.21. The van der Waals surface area contributed by atoms with Crippen LogP contribution in [0.2, 0.25) is 0 Å². The van der Waals surface area contributed by atoms with E-state index in [-0.39, 0.29) is 24.7 Å². The number of piperidine rings is 2. The molecule has 1 amide bonds. The molecule has 6 rings (SSSR count). The van der Waals surface area contributed by atoms with Gasteiger partial charge in [-0.05, 0) is 68.9 Å². The number of aromatic nitrogens is 2. The third kappa shape index (κ3) is 5.06. The van der Waals surface area contributed by atoms with E-state index >= 15 is 0 Å². The van der Waals surface area contributed by atoms with E-state index in [1.165, 1.54) is 61.2 Å². The first kappa shape index (κ1) is 26.3. The van der Waals surface area contributed by atoms with Crippen LogP contribution in [-0.2, 0) is 20.9 Å². The van der Waals surface area contributed by atoms with Gasteiger partial charge < -0.3 is 10.1 Å². The summed E-state index contributed by atoms with van der Waals surface area (Å²) in [4.78, 5) is 54.7. The van der Waals surface area contributed by atoms with E-state index in [2.05, 4.69) is 15.0 Å². The van der Waals surface area contributed by atoms with Crippen molar-refractivity contribution in [3.8, 4) is 0 Å². The molecule has 2 saturated heterocycles. The summed E-state index contributed by atoms with van der Waals surface area (Å²) in [6.45, 7) is -0.542. The number of hydrogen-bond acceptors (Lipinski definition) is 6. The molecule has 2 aliphatic heterocycles. The number of para-hydroxylation sites is 1.